The second-order valence-corrected chi connectivity index (χ2v) is 8.34. The molecule has 1 aliphatic rings. The Bertz CT molecular complexity index is 652. The maximum atomic E-state index is 14.0. The van der Waals surface area contributed by atoms with Crippen molar-refractivity contribution in [3.05, 3.63) is 34.1 Å². The van der Waals surface area contributed by atoms with Gasteiger partial charge in [0.25, 0.3) is 5.91 Å². The lowest BCUT2D eigenvalue weighted by Crippen LogP contribution is -2.54. The molecule has 0 bridgehead atoms. The summed E-state index contributed by atoms with van der Waals surface area (Å²) in [7, 11) is 0. The molecule has 138 valence electrons. The first-order chi connectivity index (χ1) is 11.6. The van der Waals surface area contributed by atoms with E-state index in [-0.39, 0.29) is 12.1 Å². The minimum Gasteiger partial charge on any atom is -0.444 e. The van der Waals surface area contributed by atoms with Gasteiger partial charge in [-0.15, -0.1) is 0 Å². The van der Waals surface area contributed by atoms with E-state index in [0.29, 0.717) is 4.47 Å². The number of rotatable bonds is 4. The smallest absolute Gasteiger partial charge is 0.407 e. The number of ether oxygens (including phenoxy) is 1. The zero-order valence-electron chi connectivity index (χ0n) is 14.7. The second-order valence-electron chi connectivity index (χ2n) is 7.42. The van der Waals surface area contributed by atoms with Crippen LogP contribution in [0.1, 0.15) is 56.8 Å². The van der Waals surface area contributed by atoms with Crippen LogP contribution in [0.15, 0.2) is 22.7 Å². The van der Waals surface area contributed by atoms with Gasteiger partial charge in [-0.25, -0.2) is 9.18 Å². The maximum Gasteiger partial charge on any atom is 0.407 e. The van der Waals surface area contributed by atoms with Crippen LogP contribution in [0, 0.1) is 5.82 Å². The number of nitrogens with one attached hydrogen (secondary N) is 2. The Morgan fingerprint density at radius 1 is 1.28 bits per heavy atom. The first kappa shape index (κ1) is 19.7. The fraction of sp³-hybridized carbons (Fsp3) is 0.556. The molecule has 0 spiro atoms. The predicted octanol–water partition coefficient (Wildman–Crippen LogP) is 4.16. The van der Waals surface area contributed by atoms with Crippen LogP contribution < -0.4 is 10.6 Å². The Labute approximate surface area is 155 Å². The molecule has 0 unspecified atom stereocenters. The summed E-state index contributed by atoms with van der Waals surface area (Å²) >= 11 is 3.18. The molecule has 25 heavy (non-hydrogen) atoms. The summed E-state index contributed by atoms with van der Waals surface area (Å²) in [6, 6.07) is 4.33. The van der Waals surface area contributed by atoms with E-state index in [9.17, 15) is 14.0 Å². The third-order valence-electron chi connectivity index (χ3n) is 4.09. The molecule has 2 amide bonds. The summed E-state index contributed by atoms with van der Waals surface area (Å²) < 4.78 is 19.8. The van der Waals surface area contributed by atoms with Gasteiger partial charge in [0.15, 0.2) is 0 Å². The van der Waals surface area contributed by atoms with Crippen LogP contribution in [-0.4, -0.2) is 29.7 Å². The molecule has 7 heteroatoms. The lowest BCUT2D eigenvalue weighted by Gasteiger charge is -2.31. The molecule has 2 rings (SSSR count). The number of alkyl carbamates (subject to hydrolysis) is 1. The lowest BCUT2D eigenvalue weighted by atomic mass is 9.96. The normalized spacial score (nSPS) is 16.4. The summed E-state index contributed by atoms with van der Waals surface area (Å²) in [5, 5.41) is 5.65. The summed E-state index contributed by atoms with van der Waals surface area (Å²) in [5.41, 5.74) is -1.17. The van der Waals surface area contributed by atoms with E-state index in [0.717, 1.165) is 25.7 Å². The monoisotopic (exact) mass is 414 g/mol. The molecule has 0 saturated heterocycles. The highest BCUT2D eigenvalue weighted by Crippen LogP contribution is 2.30. The van der Waals surface area contributed by atoms with Crippen LogP contribution in [-0.2, 0) is 4.74 Å². The molecule has 2 N–H and O–H groups in total. The number of amides is 2. The number of hydrogen-bond acceptors (Lipinski definition) is 3. The van der Waals surface area contributed by atoms with Crippen molar-refractivity contribution in [3.63, 3.8) is 0 Å². The van der Waals surface area contributed by atoms with Crippen molar-refractivity contribution < 1.29 is 18.7 Å². The van der Waals surface area contributed by atoms with Gasteiger partial charge < -0.3 is 15.4 Å². The highest BCUT2D eigenvalue weighted by Gasteiger charge is 2.36. The summed E-state index contributed by atoms with van der Waals surface area (Å²) in [5.74, 6) is -1.06. The zero-order valence-corrected chi connectivity index (χ0v) is 16.3. The van der Waals surface area contributed by atoms with Crippen LogP contribution in [0.2, 0.25) is 0 Å². The van der Waals surface area contributed by atoms with E-state index >= 15 is 0 Å². The molecule has 0 heterocycles. The Kier molecular flexibility index (Phi) is 6.08. The molecule has 0 aliphatic heterocycles. The number of carbonyl (C=O) groups is 2. The van der Waals surface area contributed by atoms with E-state index in [1.54, 1.807) is 26.8 Å². The minimum atomic E-state index is -0.587. The number of carbonyl (C=O) groups excluding carboxylic acids is 2. The van der Waals surface area contributed by atoms with Crippen molar-refractivity contribution >= 4 is 27.9 Å². The highest BCUT2D eigenvalue weighted by molar-refractivity contribution is 9.10. The van der Waals surface area contributed by atoms with Crippen LogP contribution in [0.25, 0.3) is 0 Å². The molecule has 1 saturated carbocycles. The van der Waals surface area contributed by atoms with E-state index in [2.05, 4.69) is 26.6 Å². The molecule has 1 aromatic rings. The largest absolute Gasteiger partial charge is 0.444 e. The first-order valence-electron chi connectivity index (χ1n) is 8.35. The van der Waals surface area contributed by atoms with Crippen molar-refractivity contribution in [2.45, 2.75) is 57.6 Å². The highest BCUT2D eigenvalue weighted by atomic mass is 79.9. The minimum absolute atomic E-state index is 0.00765. The van der Waals surface area contributed by atoms with Gasteiger partial charge in [-0.1, -0.05) is 28.8 Å². The van der Waals surface area contributed by atoms with E-state index in [4.69, 9.17) is 4.74 Å². The number of benzene rings is 1. The third kappa shape index (κ3) is 5.70. The van der Waals surface area contributed by atoms with Crippen LogP contribution in [0.5, 0.6) is 0 Å². The molecular formula is C18H24BrFN2O3. The third-order valence-corrected chi connectivity index (χ3v) is 4.58. The first-order valence-corrected chi connectivity index (χ1v) is 9.14. The molecule has 0 atom stereocenters. The van der Waals surface area contributed by atoms with Gasteiger partial charge in [0.2, 0.25) is 0 Å². The van der Waals surface area contributed by atoms with Crippen molar-refractivity contribution in [3.8, 4) is 0 Å². The Morgan fingerprint density at radius 3 is 2.48 bits per heavy atom. The Hall–Kier alpha value is -1.63. The average Bonchev–Trinajstić information content (AvgIpc) is 2.92. The number of halogens is 2. The molecule has 1 aromatic carbocycles. The molecule has 0 radical (unpaired) electrons. The topological polar surface area (TPSA) is 67.4 Å². The van der Waals surface area contributed by atoms with E-state index < -0.39 is 29.0 Å². The maximum absolute atomic E-state index is 14.0. The number of hydrogen-bond donors (Lipinski definition) is 2. The quantitative estimate of drug-likeness (QED) is 0.776. The van der Waals surface area contributed by atoms with Gasteiger partial charge in [-0.2, -0.15) is 0 Å². The second kappa shape index (κ2) is 7.72. The molecule has 5 nitrogen and oxygen atoms in total. The van der Waals surface area contributed by atoms with Gasteiger partial charge in [0.05, 0.1) is 11.1 Å². The van der Waals surface area contributed by atoms with Gasteiger partial charge in [0, 0.05) is 11.0 Å². The SMILES string of the molecule is CC(C)(C)OC(=O)NCC1(NC(=O)c2ccc(Br)cc2F)CCCC1. The zero-order chi connectivity index (χ0) is 18.7. The van der Waals surface area contributed by atoms with Gasteiger partial charge >= 0.3 is 6.09 Å². The summed E-state index contributed by atoms with van der Waals surface area (Å²) in [4.78, 5) is 24.4. The van der Waals surface area contributed by atoms with Crippen molar-refractivity contribution in [1.29, 1.82) is 0 Å². The fourth-order valence-corrected chi connectivity index (χ4v) is 3.27. The average molecular weight is 415 g/mol. The summed E-state index contributed by atoms with van der Waals surface area (Å²) in [6.45, 7) is 5.62. The molecule has 1 fully saturated rings. The van der Waals surface area contributed by atoms with E-state index in [1.807, 2.05) is 0 Å². The van der Waals surface area contributed by atoms with Crippen LogP contribution >= 0.6 is 15.9 Å². The summed E-state index contributed by atoms with van der Waals surface area (Å²) in [6.07, 6.45) is 2.82. The van der Waals surface area contributed by atoms with Crippen molar-refractivity contribution in [2.75, 3.05) is 6.54 Å². The Balaban J connectivity index is 2.04. The fourth-order valence-electron chi connectivity index (χ4n) is 2.94. The molecule has 0 aromatic heterocycles. The van der Waals surface area contributed by atoms with Gasteiger partial charge in [-0.3, -0.25) is 4.79 Å². The predicted molar refractivity (Wildman–Crippen MR) is 97.0 cm³/mol. The standard InChI is InChI=1S/C18H24BrFN2O3/c1-17(2,3)25-16(24)21-11-18(8-4-5-9-18)22-15(23)13-7-6-12(19)10-14(13)20/h6-7,10H,4-5,8-9,11H2,1-3H3,(H,21,24)(H,22,23). The van der Waals surface area contributed by atoms with Crippen LogP contribution in [0.3, 0.4) is 0 Å². The van der Waals surface area contributed by atoms with Crippen molar-refractivity contribution in [2.24, 2.45) is 0 Å². The molecular weight excluding hydrogens is 391 g/mol. The van der Waals surface area contributed by atoms with E-state index in [1.165, 1.54) is 12.1 Å². The lowest BCUT2D eigenvalue weighted by molar-refractivity contribution is 0.0504. The van der Waals surface area contributed by atoms with Crippen LogP contribution in [0.4, 0.5) is 9.18 Å². The Morgan fingerprint density at radius 2 is 1.92 bits per heavy atom. The van der Waals surface area contributed by atoms with Gasteiger partial charge in [0.1, 0.15) is 11.4 Å². The molecule has 1 aliphatic carbocycles. The van der Waals surface area contributed by atoms with Gasteiger partial charge in [-0.05, 0) is 51.8 Å². The van der Waals surface area contributed by atoms with Crippen molar-refractivity contribution in [1.82, 2.24) is 10.6 Å².